The number of hydrogen-bond donors (Lipinski definition) is 2. The van der Waals surface area contributed by atoms with Gasteiger partial charge in [0.1, 0.15) is 5.75 Å². The molecular formula is C11H15NO4S. The van der Waals surface area contributed by atoms with Crippen molar-refractivity contribution in [1.29, 1.82) is 0 Å². The molecule has 1 aromatic rings. The SMILES string of the molecule is COC1CC(NS(=O)(=O)c2ccc(O)cc2)C1. The van der Waals surface area contributed by atoms with E-state index in [2.05, 4.69) is 4.72 Å². The van der Waals surface area contributed by atoms with Gasteiger partial charge in [-0.05, 0) is 37.1 Å². The Labute approximate surface area is 100 Å². The van der Waals surface area contributed by atoms with Gasteiger partial charge in [-0.25, -0.2) is 13.1 Å². The maximum Gasteiger partial charge on any atom is 0.240 e. The molecule has 94 valence electrons. The Kier molecular flexibility index (Phi) is 3.37. The van der Waals surface area contributed by atoms with Gasteiger partial charge in [0.15, 0.2) is 0 Å². The maximum absolute atomic E-state index is 11.9. The predicted octanol–water partition coefficient (Wildman–Crippen LogP) is 0.848. The summed E-state index contributed by atoms with van der Waals surface area (Å²) in [7, 11) is -1.87. The molecule has 0 unspecified atom stereocenters. The zero-order valence-electron chi connectivity index (χ0n) is 9.46. The number of aromatic hydroxyl groups is 1. The molecule has 1 aromatic carbocycles. The number of rotatable bonds is 4. The Morgan fingerprint density at radius 2 is 1.88 bits per heavy atom. The third kappa shape index (κ3) is 2.77. The molecule has 0 spiro atoms. The van der Waals surface area contributed by atoms with Crippen LogP contribution in [0.15, 0.2) is 29.2 Å². The quantitative estimate of drug-likeness (QED) is 0.838. The smallest absolute Gasteiger partial charge is 0.240 e. The van der Waals surface area contributed by atoms with Crippen molar-refractivity contribution in [3.05, 3.63) is 24.3 Å². The van der Waals surface area contributed by atoms with Crippen LogP contribution >= 0.6 is 0 Å². The van der Waals surface area contributed by atoms with Crippen molar-refractivity contribution in [3.63, 3.8) is 0 Å². The van der Waals surface area contributed by atoms with Crippen molar-refractivity contribution < 1.29 is 18.3 Å². The molecular weight excluding hydrogens is 242 g/mol. The molecule has 1 aliphatic rings. The predicted molar refractivity (Wildman–Crippen MR) is 62.2 cm³/mol. The van der Waals surface area contributed by atoms with Crippen LogP contribution in [0.3, 0.4) is 0 Å². The highest BCUT2D eigenvalue weighted by molar-refractivity contribution is 7.89. The van der Waals surface area contributed by atoms with E-state index in [4.69, 9.17) is 9.84 Å². The Hall–Kier alpha value is -1.11. The van der Waals surface area contributed by atoms with Gasteiger partial charge in [0, 0.05) is 13.2 Å². The Bertz CT molecular complexity index is 477. The van der Waals surface area contributed by atoms with Crippen molar-refractivity contribution in [2.45, 2.75) is 29.9 Å². The van der Waals surface area contributed by atoms with Crippen LogP contribution < -0.4 is 4.72 Å². The minimum absolute atomic E-state index is 0.0482. The van der Waals surface area contributed by atoms with Crippen LogP contribution in [0, 0.1) is 0 Å². The second kappa shape index (κ2) is 4.64. The van der Waals surface area contributed by atoms with Gasteiger partial charge in [0.25, 0.3) is 0 Å². The van der Waals surface area contributed by atoms with Gasteiger partial charge in [-0.3, -0.25) is 0 Å². The molecule has 0 aliphatic heterocycles. The van der Waals surface area contributed by atoms with E-state index in [1.165, 1.54) is 24.3 Å². The van der Waals surface area contributed by atoms with Crippen molar-refractivity contribution >= 4 is 10.0 Å². The highest BCUT2D eigenvalue weighted by atomic mass is 32.2. The molecule has 0 bridgehead atoms. The summed E-state index contributed by atoms with van der Waals surface area (Å²) in [6.07, 6.45) is 1.56. The molecule has 6 heteroatoms. The molecule has 0 aromatic heterocycles. The summed E-state index contributed by atoms with van der Waals surface area (Å²) in [5, 5.41) is 9.10. The van der Waals surface area contributed by atoms with Gasteiger partial charge < -0.3 is 9.84 Å². The van der Waals surface area contributed by atoms with Crippen LogP contribution in [0.1, 0.15) is 12.8 Å². The molecule has 0 radical (unpaired) electrons. The maximum atomic E-state index is 11.9. The average molecular weight is 257 g/mol. The van der Waals surface area contributed by atoms with E-state index in [9.17, 15) is 8.42 Å². The summed E-state index contributed by atoms with van der Waals surface area (Å²) in [4.78, 5) is 0.163. The summed E-state index contributed by atoms with van der Waals surface area (Å²) < 4.78 is 31.5. The van der Waals surface area contributed by atoms with Crippen molar-refractivity contribution in [2.24, 2.45) is 0 Å². The van der Waals surface area contributed by atoms with Crippen LogP contribution in [-0.4, -0.2) is 32.8 Å². The number of hydrogen-bond acceptors (Lipinski definition) is 4. The van der Waals surface area contributed by atoms with Crippen LogP contribution in [0.2, 0.25) is 0 Å². The summed E-state index contributed by atoms with van der Waals surface area (Å²) in [6, 6.07) is 5.41. The van der Waals surface area contributed by atoms with Gasteiger partial charge in [-0.2, -0.15) is 0 Å². The van der Waals surface area contributed by atoms with Crippen LogP contribution in [0.4, 0.5) is 0 Å². The first-order valence-electron chi connectivity index (χ1n) is 5.35. The summed E-state index contributed by atoms with van der Waals surface area (Å²) >= 11 is 0. The number of benzene rings is 1. The highest BCUT2D eigenvalue weighted by Crippen LogP contribution is 2.24. The zero-order chi connectivity index (χ0) is 12.5. The van der Waals surface area contributed by atoms with Gasteiger partial charge in [-0.1, -0.05) is 0 Å². The van der Waals surface area contributed by atoms with E-state index < -0.39 is 10.0 Å². The number of ether oxygens (including phenoxy) is 1. The topological polar surface area (TPSA) is 75.6 Å². The first-order chi connectivity index (χ1) is 8.01. The fourth-order valence-electron chi connectivity index (χ4n) is 1.77. The fraction of sp³-hybridized carbons (Fsp3) is 0.455. The van der Waals surface area contributed by atoms with Crippen molar-refractivity contribution in [3.8, 4) is 5.75 Å². The lowest BCUT2D eigenvalue weighted by molar-refractivity contribution is 0.0236. The molecule has 17 heavy (non-hydrogen) atoms. The highest BCUT2D eigenvalue weighted by Gasteiger charge is 2.32. The second-order valence-corrected chi connectivity index (χ2v) is 5.86. The normalized spacial score (nSPS) is 24.3. The average Bonchev–Trinajstić information content (AvgIpc) is 2.23. The van der Waals surface area contributed by atoms with E-state index in [1.54, 1.807) is 7.11 Å². The van der Waals surface area contributed by atoms with E-state index in [0.717, 1.165) is 0 Å². The van der Waals surface area contributed by atoms with Crippen molar-refractivity contribution in [1.82, 2.24) is 4.72 Å². The van der Waals surface area contributed by atoms with Gasteiger partial charge >= 0.3 is 0 Å². The molecule has 2 rings (SSSR count). The standard InChI is InChI=1S/C11H15NO4S/c1-16-10-6-8(7-10)12-17(14,15)11-4-2-9(13)3-5-11/h2-5,8,10,12-13H,6-7H2,1H3. The molecule has 0 saturated heterocycles. The number of phenolic OH excluding ortho intramolecular Hbond substituents is 1. The largest absolute Gasteiger partial charge is 0.508 e. The minimum Gasteiger partial charge on any atom is -0.508 e. The third-order valence-electron chi connectivity index (χ3n) is 2.90. The first kappa shape index (κ1) is 12.3. The van der Waals surface area contributed by atoms with Crippen molar-refractivity contribution in [2.75, 3.05) is 7.11 Å². The van der Waals surface area contributed by atoms with Gasteiger partial charge in [-0.15, -0.1) is 0 Å². The lowest BCUT2D eigenvalue weighted by Crippen LogP contribution is -2.47. The number of nitrogens with one attached hydrogen (secondary N) is 1. The summed E-state index contributed by atoms with van der Waals surface area (Å²) in [6.45, 7) is 0. The van der Waals surface area contributed by atoms with Crippen LogP contribution in [0.5, 0.6) is 5.75 Å². The fourth-order valence-corrected chi connectivity index (χ4v) is 3.03. The Morgan fingerprint density at radius 3 is 2.41 bits per heavy atom. The molecule has 0 atom stereocenters. The first-order valence-corrected chi connectivity index (χ1v) is 6.84. The molecule has 2 N–H and O–H groups in total. The van der Waals surface area contributed by atoms with Gasteiger partial charge in [0.05, 0.1) is 11.0 Å². The van der Waals surface area contributed by atoms with Crippen LogP contribution in [-0.2, 0) is 14.8 Å². The Morgan fingerprint density at radius 1 is 1.29 bits per heavy atom. The molecule has 1 saturated carbocycles. The van der Waals surface area contributed by atoms with Crippen LogP contribution in [0.25, 0.3) is 0 Å². The second-order valence-electron chi connectivity index (χ2n) is 4.14. The summed E-state index contributed by atoms with van der Waals surface area (Å²) in [5.74, 6) is 0.0482. The number of phenols is 1. The Balaban J connectivity index is 2.02. The lowest BCUT2D eigenvalue weighted by Gasteiger charge is -2.34. The minimum atomic E-state index is -3.49. The van der Waals surface area contributed by atoms with E-state index in [-0.39, 0.29) is 22.8 Å². The summed E-state index contributed by atoms with van der Waals surface area (Å²) in [5.41, 5.74) is 0. The molecule has 1 fully saturated rings. The lowest BCUT2D eigenvalue weighted by atomic mass is 9.90. The van der Waals surface area contributed by atoms with E-state index in [0.29, 0.717) is 12.8 Å². The molecule has 5 nitrogen and oxygen atoms in total. The monoisotopic (exact) mass is 257 g/mol. The molecule has 0 heterocycles. The van der Waals surface area contributed by atoms with E-state index >= 15 is 0 Å². The van der Waals surface area contributed by atoms with E-state index in [1.807, 2.05) is 0 Å². The molecule has 0 amide bonds. The number of methoxy groups -OCH3 is 1. The zero-order valence-corrected chi connectivity index (χ0v) is 10.3. The van der Waals surface area contributed by atoms with Gasteiger partial charge in [0.2, 0.25) is 10.0 Å². The third-order valence-corrected chi connectivity index (χ3v) is 4.43. The number of sulfonamides is 1. The molecule has 1 aliphatic carbocycles.